The molecule has 3 aromatic rings. The van der Waals surface area contributed by atoms with Crippen LogP contribution in [0.2, 0.25) is 5.02 Å². The number of fused-ring (bicyclic) bond motifs is 1. The zero-order valence-corrected chi connectivity index (χ0v) is 13.5. The van der Waals surface area contributed by atoms with Gasteiger partial charge in [-0.25, -0.2) is 4.98 Å². The molecule has 0 unspecified atom stereocenters. The fraction of sp³-hybridized carbons (Fsp3) is 0.0769. The lowest BCUT2D eigenvalue weighted by Gasteiger charge is -2.08. The summed E-state index contributed by atoms with van der Waals surface area (Å²) in [5.41, 5.74) is 2.14. The predicted molar refractivity (Wildman–Crippen MR) is 86.0 cm³/mol. The first-order chi connectivity index (χ1) is 9.69. The summed E-state index contributed by atoms with van der Waals surface area (Å²) < 4.78 is 6.40. The third kappa shape index (κ3) is 2.51. The van der Waals surface area contributed by atoms with E-state index in [1.165, 1.54) is 11.8 Å². The number of anilines is 2. The molecule has 0 aliphatic carbocycles. The lowest BCUT2D eigenvalue weighted by Crippen LogP contribution is -1.95. The fourth-order valence-electron chi connectivity index (χ4n) is 1.74. The van der Waals surface area contributed by atoms with Gasteiger partial charge in [0.2, 0.25) is 0 Å². The van der Waals surface area contributed by atoms with Gasteiger partial charge in [0.05, 0.1) is 10.7 Å². The van der Waals surface area contributed by atoms with E-state index < -0.39 is 0 Å². The molecule has 0 atom stereocenters. The van der Waals surface area contributed by atoms with Crippen molar-refractivity contribution < 1.29 is 4.42 Å². The van der Waals surface area contributed by atoms with Crippen LogP contribution in [0.4, 0.5) is 11.5 Å². The highest BCUT2D eigenvalue weighted by atomic mass is 79.9. The molecule has 4 nitrogen and oxygen atoms in total. The summed E-state index contributed by atoms with van der Waals surface area (Å²) in [6, 6.07) is 7.44. The van der Waals surface area contributed by atoms with E-state index in [1.54, 1.807) is 12.3 Å². The van der Waals surface area contributed by atoms with E-state index in [1.807, 2.05) is 24.5 Å². The van der Waals surface area contributed by atoms with Crippen LogP contribution in [0.3, 0.4) is 0 Å². The van der Waals surface area contributed by atoms with Crippen LogP contribution in [0.15, 0.2) is 44.6 Å². The molecule has 0 aliphatic rings. The van der Waals surface area contributed by atoms with Crippen molar-refractivity contribution in [2.24, 2.45) is 0 Å². The van der Waals surface area contributed by atoms with Crippen LogP contribution >= 0.6 is 39.3 Å². The molecule has 0 aliphatic heterocycles. The van der Waals surface area contributed by atoms with Crippen molar-refractivity contribution in [3.8, 4) is 0 Å². The maximum atomic E-state index is 6.24. The van der Waals surface area contributed by atoms with E-state index in [-0.39, 0.29) is 0 Å². The second kappa shape index (κ2) is 5.63. The molecule has 0 bridgehead atoms. The van der Waals surface area contributed by atoms with Crippen LogP contribution < -0.4 is 5.32 Å². The Hall–Kier alpha value is -1.24. The van der Waals surface area contributed by atoms with E-state index in [2.05, 4.69) is 31.2 Å². The number of benzene rings is 1. The zero-order chi connectivity index (χ0) is 14.1. The number of oxazole rings is 1. The van der Waals surface area contributed by atoms with Crippen molar-refractivity contribution in [3.05, 3.63) is 40.0 Å². The maximum absolute atomic E-state index is 6.24. The second-order valence-corrected chi connectivity index (χ2v) is 5.91. The summed E-state index contributed by atoms with van der Waals surface area (Å²) in [5, 5.41) is 4.39. The molecule has 2 heterocycles. The van der Waals surface area contributed by atoms with Gasteiger partial charge in [-0.2, -0.15) is 4.98 Å². The van der Waals surface area contributed by atoms with Crippen LogP contribution in [0, 0.1) is 0 Å². The van der Waals surface area contributed by atoms with Gasteiger partial charge in [0, 0.05) is 16.7 Å². The minimum Gasteiger partial charge on any atom is -0.431 e. The van der Waals surface area contributed by atoms with Gasteiger partial charge in [0.15, 0.2) is 16.9 Å². The van der Waals surface area contributed by atoms with Crippen molar-refractivity contribution >= 4 is 61.9 Å². The van der Waals surface area contributed by atoms with Gasteiger partial charge < -0.3 is 9.73 Å². The SMILES string of the molecule is CSc1nc2c(Nc3cccc(Br)c3Cl)nccc2o1. The van der Waals surface area contributed by atoms with Crippen molar-refractivity contribution in [3.63, 3.8) is 0 Å². The maximum Gasteiger partial charge on any atom is 0.256 e. The Morgan fingerprint density at radius 3 is 3.00 bits per heavy atom. The molecule has 2 aromatic heterocycles. The topological polar surface area (TPSA) is 51.0 Å². The first-order valence-corrected chi connectivity index (χ1v) is 8.09. The highest BCUT2D eigenvalue weighted by molar-refractivity contribution is 9.10. The number of aromatic nitrogens is 2. The average Bonchev–Trinajstić information content (AvgIpc) is 2.88. The predicted octanol–water partition coefficient (Wildman–Crippen LogP) is 5.10. The monoisotopic (exact) mass is 369 g/mol. The molecular formula is C13H9BrClN3OS. The molecule has 3 rings (SSSR count). The lowest BCUT2D eigenvalue weighted by atomic mass is 10.3. The minimum absolute atomic E-state index is 0.597. The number of nitrogens with one attached hydrogen (secondary N) is 1. The summed E-state index contributed by atoms with van der Waals surface area (Å²) in [4.78, 5) is 8.70. The quantitative estimate of drug-likeness (QED) is 0.650. The highest BCUT2D eigenvalue weighted by Crippen LogP contribution is 2.33. The summed E-state index contributed by atoms with van der Waals surface area (Å²) in [6.07, 6.45) is 3.59. The van der Waals surface area contributed by atoms with Gasteiger partial charge in [-0.05, 0) is 34.3 Å². The molecule has 0 saturated carbocycles. The van der Waals surface area contributed by atoms with Gasteiger partial charge in [0.1, 0.15) is 0 Å². The Morgan fingerprint density at radius 1 is 1.35 bits per heavy atom. The fourth-order valence-corrected chi connectivity index (χ4v) is 2.64. The number of pyridine rings is 1. The van der Waals surface area contributed by atoms with E-state index in [0.717, 1.165) is 10.2 Å². The van der Waals surface area contributed by atoms with Crippen LogP contribution in [-0.2, 0) is 0 Å². The highest BCUT2D eigenvalue weighted by Gasteiger charge is 2.12. The normalized spacial score (nSPS) is 10.9. The largest absolute Gasteiger partial charge is 0.431 e. The second-order valence-electron chi connectivity index (χ2n) is 3.92. The standard InChI is InChI=1S/C13H9BrClN3OS/c1-20-13-18-11-9(19-13)5-6-16-12(11)17-8-4-2-3-7(14)10(8)15/h2-6H,1H3,(H,16,17). The van der Waals surface area contributed by atoms with E-state index >= 15 is 0 Å². The van der Waals surface area contributed by atoms with Crippen LogP contribution in [0.5, 0.6) is 0 Å². The van der Waals surface area contributed by atoms with E-state index in [9.17, 15) is 0 Å². The number of hydrogen-bond donors (Lipinski definition) is 1. The summed E-state index contributed by atoms with van der Waals surface area (Å²) in [5.74, 6) is 0.617. The van der Waals surface area contributed by atoms with Crippen LogP contribution in [0.25, 0.3) is 11.1 Å². The van der Waals surface area contributed by atoms with Gasteiger partial charge in [-0.15, -0.1) is 0 Å². The number of halogens is 2. The molecule has 0 saturated heterocycles. The Bertz CT molecular complexity index is 777. The summed E-state index contributed by atoms with van der Waals surface area (Å²) in [7, 11) is 0. The Kier molecular flexibility index (Phi) is 3.87. The molecule has 0 amide bonds. The van der Waals surface area contributed by atoms with Crippen LogP contribution in [0.1, 0.15) is 0 Å². The molecule has 0 spiro atoms. The van der Waals surface area contributed by atoms with Gasteiger partial charge in [0.25, 0.3) is 5.22 Å². The summed E-state index contributed by atoms with van der Waals surface area (Å²) in [6.45, 7) is 0. The van der Waals surface area contributed by atoms with Gasteiger partial charge in [-0.3, -0.25) is 0 Å². The molecule has 20 heavy (non-hydrogen) atoms. The van der Waals surface area contributed by atoms with Crippen molar-refractivity contribution in [2.75, 3.05) is 11.6 Å². The number of nitrogens with zero attached hydrogens (tertiary/aromatic N) is 2. The number of rotatable bonds is 3. The zero-order valence-electron chi connectivity index (χ0n) is 10.4. The minimum atomic E-state index is 0.597. The molecule has 7 heteroatoms. The molecule has 1 aromatic carbocycles. The molecular weight excluding hydrogens is 362 g/mol. The number of hydrogen-bond acceptors (Lipinski definition) is 5. The third-order valence-electron chi connectivity index (χ3n) is 2.67. The van der Waals surface area contributed by atoms with Crippen molar-refractivity contribution in [2.45, 2.75) is 5.22 Å². The average molecular weight is 371 g/mol. The van der Waals surface area contributed by atoms with E-state index in [0.29, 0.717) is 27.2 Å². The molecule has 1 N–H and O–H groups in total. The van der Waals surface area contributed by atoms with E-state index in [4.69, 9.17) is 16.0 Å². The molecule has 102 valence electrons. The lowest BCUT2D eigenvalue weighted by molar-refractivity contribution is 0.490. The first kappa shape index (κ1) is 13.7. The number of thioether (sulfide) groups is 1. The third-order valence-corrected chi connectivity index (χ3v) is 4.49. The van der Waals surface area contributed by atoms with Gasteiger partial charge in [-0.1, -0.05) is 29.4 Å². The van der Waals surface area contributed by atoms with Gasteiger partial charge >= 0.3 is 0 Å². The molecule has 0 fully saturated rings. The Balaban J connectivity index is 2.06. The smallest absolute Gasteiger partial charge is 0.256 e. The first-order valence-electron chi connectivity index (χ1n) is 5.69. The van der Waals surface area contributed by atoms with Crippen LogP contribution in [-0.4, -0.2) is 16.2 Å². The Labute approximate surface area is 133 Å². The van der Waals surface area contributed by atoms with Crippen molar-refractivity contribution in [1.29, 1.82) is 0 Å². The molecule has 0 radical (unpaired) electrons. The van der Waals surface area contributed by atoms with Crippen molar-refractivity contribution in [1.82, 2.24) is 9.97 Å². The summed E-state index contributed by atoms with van der Waals surface area (Å²) >= 11 is 11.1. The Morgan fingerprint density at radius 2 is 2.20 bits per heavy atom.